The summed E-state index contributed by atoms with van der Waals surface area (Å²) < 4.78 is 1.08. The number of rotatable bonds is 4. The summed E-state index contributed by atoms with van der Waals surface area (Å²) in [7, 11) is 0. The molecular formula is C18H17ClN2O3. The molecule has 0 saturated heterocycles. The molecule has 0 radical (unpaired) electrons. The second-order valence-electron chi connectivity index (χ2n) is 5.96. The molecule has 5 nitrogen and oxygen atoms in total. The average molecular weight is 345 g/mol. The van der Waals surface area contributed by atoms with E-state index in [1.807, 2.05) is 19.9 Å². The van der Waals surface area contributed by atoms with Gasteiger partial charge in [0, 0.05) is 17.1 Å². The number of hydrogen-bond acceptors (Lipinski definition) is 4. The molecule has 0 unspecified atom stereocenters. The first-order valence-electron chi connectivity index (χ1n) is 7.44. The zero-order chi connectivity index (χ0) is 18.0. The van der Waals surface area contributed by atoms with Gasteiger partial charge in [0.15, 0.2) is 5.78 Å². The van der Waals surface area contributed by atoms with Crippen molar-refractivity contribution in [3.05, 3.63) is 61.9 Å². The number of benzene rings is 1. The molecule has 1 heterocycles. The minimum Gasteiger partial charge on any atom is -0.494 e. The number of pyridine rings is 1. The van der Waals surface area contributed by atoms with Crippen LogP contribution in [0.15, 0.2) is 29.1 Å². The van der Waals surface area contributed by atoms with E-state index in [1.165, 1.54) is 19.1 Å². The van der Waals surface area contributed by atoms with Crippen molar-refractivity contribution in [2.75, 3.05) is 0 Å². The molecule has 0 aliphatic rings. The standard InChI is InChI=1S/C18H17ClN2O3/c1-10(2)9-21-17(23)14(8-20)11(3)15(18(21)24)16(22)12-4-6-13(19)7-5-12/h4-7,10,24H,9H2,1-3H3. The molecule has 0 spiro atoms. The highest BCUT2D eigenvalue weighted by atomic mass is 35.5. The van der Waals surface area contributed by atoms with Crippen LogP contribution in [0.1, 0.15) is 40.9 Å². The first-order valence-corrected chi connectivity index (χ1v) is 7.82. The largest absolute Gasteiger partial charge is 0.494 e. The molecule has 0 bridgehead atoms. The highest BCUT2D eigenvalue weighted by Crippen LogP contribution is 2.26. The number of halogens is 1. The maximum atomic E-state index is 12.8. The molecule has 0 fully saturated rings. The van der Waals surface area contributed by atoms with Crippen LogP contribution >= 0.6 is 11.6 Å². The quantitative estimate of drug-likeness (QED) is 0.863. The zero-order valence-corrected chi connectivity index (χ0v) is 14.4. The van der Waals surface area contributed by atoms with Gasteiger partial charge >= 0.3 is 0 Å². The Morgan fingerprint density at radius 2 is 1.92 bits per heavy atom. The maximum absolute atomic E-state index is 12.8. The highest BCUT2D eigenvalue weighted by molar-refractivity contribution is 6.30. The summed E-state index contributed by atoms with van der Waals surface area (Å²) in [5.41, 5.74) is -0.259. The van der Waals surface area contributed by atoms with Gasteiger partial charge in [-0.3, -0.25) is 14.2 Å². The van der Waals surface area contributed by atoms with E-state index in [9.17, 15) is 20.0 Å². The Balaban J connectivity index is 2.73. The molecule has 0 aliphatic heterocycles. The minimum atomic E-state index is -0.589. The van der Waals surface area contributed by atoms with E-state index in [4.69, 9.17) is 11.6 Å². The SMILES string of the molecule is Cc1c(C(=O)c2ccc(Cl)cc2)c(O)n(CC(C)C)c(=O)c1C#N. The van der Waals surface area contributed by atoms with E-state index in [1.54, 1.807) is 12.1 Å². The van der Waals surface area contributed by atoms with Crippen LogP contribution < -0.4 is 5.56 Å². The van der Waals surface area contributed by atoms with Gasteiger partial charge in [0.25, 0.3) is 5.56 Å². The fourth-order valence-corrected chi connectivity index (χ4v) is 2.63. The van der Waals surface area contributed by atoms with Gasteiger partial charge in [0.05, 0.1) is 5.56 Å². The Morgan fingerprint density at radius 1 is 1.33 bits per heavy atom. The molecule has 1 N–H and O–H groups in total. The summed E-state index contributed by atoms with van der Waals surface area (Å²) in [6.07, 6.45) is 0. The minimum absolute atomic E-state index is 0.0332. The predicted molar refractivity (Wildman–Crippen MR) is 91.5 cm³/mol. The van der Waals surface area contributed by atoms with E-state index in [2.05, 4.69) is 0 Å². The molecule has 0 saturated carbocycles. The van der Waals surface area contributed by atoms with Crippen molar-refractivity contribution < 1.29 is 9.90 Å². The molecule has 1 aromatic heterocycles. The summed E-state index contributed by atoms with van der Waals surface area (Å²) in [4.78, 5) is 25.2. The zero-order valence-electron chi connectivity index (χ0n) is 13.6. The van der Waals surface area contributed by atoms with Gasteiger partial charge in [-0.05, 0) is 42.7 Å². The normalized spacial score (nSPS) is 10.7. The summed E-state index contributed by atoms with van der Waals surface area (Å²) in [5, 5.41) is 20.3. The molecule has 24 heavy (non-hydrogen) atoms. The molecule has 6 heteroatoms. The fourth-order valence-electron chi connectivity index (χ4n) is 2.50. The van der Waals surface area contributed by atoms with E-state index >= 15 is 0 Å². The van der Waals surface area contributed by atoms with Crippen molar-refractivity contribution in [1.29, 1.82) is 5.26 Å². The van der Waals surface area contributed by atoms with Crippen LogP contribution in [0, 0.1) is 24.2 Å². The van der Waals surface area contributed by atoms with Crippen LogP contribution in [0.2, 0.25) is 5.02 Å². The lowest BCUT2D eigenvalue weighted by atomic mass is 9.97. The molecule has 2 rings (SSSR count). The number of aromatic nitrogens is 1. The van der Waals surface area contributed by atoms with Gasteiger partial charge in [-0.2, -0.15) is 5.26 Å². The van der Waals surface area contributed by atoms with Crippen molar-refractivity contribution in [3.63, 3.8) is 0 Å². The van der Waals surface area contributed by atoms with Gasteiger partial charge in [-0.25, -0.2) is 0 Å². The Morgan fingerprint density at radius 3 is 2.42 bits per heavy atom. The first-order chi connectivity index (χ1) is 11.3. The van der Waals surface area contributed by atoms with Crippen molar-refractivity contribution in [1.82, 2.24) is 4.57 Å². The van der Waals surface area contributed by atoms with Crippen molar-refractivity contribution in [2.45, 2.75) is 27.3 Å². The van der Waals surface area contributed by atoms with Gasteiger partial charge in [0.2, 0.25) is 5.88 Å². The molecule has 0 aliphatic carbocycles. The Kier molecular flexibility index (Phi) is 5.10. The molecule has 2 aromatic rings. The van der Waals surface area contributed by atoms with Gasteiger partial charge in [-0.15, -0.1) is 0 Å². The lowest BCUT2D eigenvalue weighted by molar-refractivity contribution is 0.103. The van der Waals surface area contributed by atoms with Crippen molar-refractivity contribution in [3.8, 4) is 11.9 Å². The summed E-state index contributed by atoms with van der Waals surface area (Å²) in [6, 6.07) is 8.04. The van der Waals surface area contributed by atoms with Gasteiger partial charge in [-0.1, -0.05) is 25.4 Å². The summed E-state index contributed by atoms with van der Waals surface area (Å²) >= 11 is 5.83. The predicted octanol–water partition coefficient (Wildman–Crippen LogP) is 3.27. The van der Waals surface area contributed by atoms with Crippen LogP contribution in [0.5, 0.6) is 5.88 Å². The monoisotopic (exact) mass is 344 g/mol. The third kappa shape index (κ3) is 3.19. The fraction of sp³-hybridized carbons (Fsp3) is 0.278. The van der Waals surface area contributed by atoms with Crippen molar-refractivity contribution >= 4 is 17.4 Å². The van der Waals surface area contributed by atoms with Crippen LogP contribution in [-0.2, 0) is 6.54 Å². The lowest BCUT2D eigenvalue weighted by Gasteiger charge is -2.17. The molecule has 0 amide bonds. The van der Waals surface area contributed by atoms with E-state index in [-0.39, 0.29) is 29.2 Å². The maximum Gasteiger partial charge on any atom is 0.271 e. The van der Waals surface area contributed by atoms with Crippen molar-refractivity contribution in [2.24, 2.45) is 5.92 Å². The summed E-state index contributed by atoms with van der Waals surface area (Å²) in [6.45, 7) is 5.44. The third-order valence-electron chi connectivity index (χ3n) is 3.68. The number of aromatic hydroxyl groups is 1. The average Bonchev–Trinajstić information content (AvgIpc) is 2.52. The van der Waals surface area contributed by atoms with Gasteiger partial charge < -0.3 is 5.11 Å². The number of ketones is 1. The number of hydrogen-bond donors (Lipinski definition) is 1. The second kappa shape index (κ2) is 6.90. The third-order valence-corrected chi connectivity index (χ3v) is 3.93. The molecular weight excluding hydrogens is 328 g/mol. The number of carbonyl (C=O) groups excluding carboxylic acids is 1. The van der Waals surface area contributed by atoms with Gasteiger partial charge in [0.1, 0.15) is 11.6 Å². The molecule has 124 valence electrons. The Hall–Kier alpha value is -2.58. The Labute approximate surface area is 144 Å². The van der Waals surface area contributed by atoms with E-state index < -0.39 is 17.2 Å². The summed E-state index contributed by atoms with van der Waals surface area (Å²) in [5.74, 6) is -0.817. The van der Waals surface area contributed by atoms with E-state index in [0.29, 0.717) is 10.6 Å². The Bertz CT molecular complexity index is 890. The lowest BCUT2D eigenvalue weighted by Crippen LogP contribution is -2.28. The molecule has 1 aromatic carbocycles. The number of nitrogens with zero attached hydrogens (tertiary/aromatic N) is 2. The second-order valence-corrected chi connectivity index (χ2v) is 6.39. The van der Waals surface area contributed by atoms with Crippen LogP contribution in [0.3, 0.4) is 0 Å². The van der Waals surface area contributed by atoms with Crippen LogP contribution in [-0.4, -0.2) is 15.5 Å². The molecule has 0 atom stereocenters. The number of nitriles is 1. The first kappa shape index (κ1) is 17.8. The highest BCUT2D eigenvalue weighted by Gasteiger charge is 2.25. The van der Waals surface area contributed by atoms with Crippen LogP contribution in [0.4, 0.5) is 0 Å². The topological polar surface area (TPSA) is 83.1 Å². The number of carbonyl (C=O) groups is 1. The van der Waals surface area contributed by atoms with Crippen LogP contribution in [0.25, 0.3) is 0 Å². The smallest absolute Gasteiger partial charge is 0.271 e. The van der Waals surface area contributed by atoms with E-state index in [0.717, 1.165) is 4.57 Å².